The summed E-state index contributed by atoms with van der Waals surface area (Å²) in [6, 6.07) is 2.31. The predicted octanol–water partition coefficient (Wildman–Crippen LogP) is 4.18. The van der Waals surface area contributed by atoms with Gasteiger partial charge in [-0.1, -0.05) is 46.5 Å². The van der Waals surface area contributed by atoms with Gasteiger partial charge in [-0.25, -0.2) is 0 Å². The van der Waals surface area contributed by atoms with E-state index in [-0.39, 0.29) is 11.3 Å². The van der Waals surface area contributed by atoms with Gasteiger partial charge in [0.25, 0.3) is 0 Å². The summed E-state index contributed by atoms with van der Waals surface area (Å²) in [6.07, 6.45) is 9.18. The molecule has 1 rings (SSSR count). The Bertz CT molecular complexity index is 344. The van der Waals surface area contributed by atoms with Crippen molar-refractivity contribution in [3.05, 3.63) is 0 Å². The Kier molecular flexibility index (Phi) is 6.52. The van der Waals surface area contributed by atoms with E-state index in [1.807, 2.05) is 13.8 Å². The Hall–Kier alpha value is -1.04. The summed E-state index contributed by atoms with van der Waals surface area (Å²) < 4.78 is 0. The van der Waals surface area contributed by atoms with Gasteiger partial charge in [-0.3, -0.25) is 4.79 Å². The molecule has 0 bridgehead atoms. The highest BCUT2D eigenvalue weighted by atomic mass is 16.2. The lowest BCUT2D eigenvalue weighted by atomic mass is 9.78. The van der Waals surface area contributed by atoms with Crippen LogP contribution in [0.2, 0.25) is 0 Å². The Morgan fingerprint density at radius 1 is 1.20 bits per heavy atom. The van der Waals surface area contributed by atoms with Gasteiger partial charge in [0.1, 0.15) is 5.41 Å². The number of hydrogen-bond acceptors (Lipinski definition) is 2. The Morgan fingerprint density at radius 2 is 1.75 bits per heavy atom. The van der Waals surface area contributed by atoms with Gasteiger partial charge in [0.2, 0.25) is 5.91 Å². The van der Waals surface area contributed by atoms with Crippen molar-refractivity contribution in [2.45, 2.75) is 78.6 Å². The molecule has 1 N–H and O–H groups in total. The first-order valence-corrected chi connectivity index (χ1v) is 8.27. The number of nitrogens with zero attached hydrogens (tertiary/aromatic N) is 1. The summed E-state index contributed by atoms with van der Waals surface area (Å²) in [7, 11) is 0. The first kappa shape index (κ1) is 17.0. The van der Waals surface area contributed by atoms with Gasteiger partial charge in [0.15, 0.2) is 0 Å². The normalized spacial score (nSPS) is 17.7. The van der Waals surface area contributed by atoms with Gasteiger partial charge >= 0.3 is 0 Å². The molecule has 1 aliphatic rings. The molecule has 0 saturated heterocycles. The van der Waals surface area contributed by atoms with Crippen LogP contribution in [0.25, 0.3) is 0 Å². The smallest absolute Gasteiger partial charge is 0.240 e. The first-order valence-electron chi connectivity index (χ1n) is 8.27. The zero-order valence-corrected chi connectivity index (χ0v) is 13.4. The maximum absolute atomic E-state index is 12.6. The molecule has 0 aromatic heterocycles. The number of nitriles is 1. The molecule has 0 atom stereocenters. The van der Waals surface area contributed by atoms with E-state index in [0.29, 0.717) is 12.8 Å². The van der Waals surface area contributed by atoms with Crippen molar-refractivity contribution < 1.29 is 4.79 Å². The molecular formula is C17H30N2O. The summed E-state index contributed by atoms with van der Waals surface area (Å²) in [5.74, 6) is -0.0385. The van der Waals surface area contributed by atoms with Crippen molar-refractivity contribution in [2.75, 3.05) is 6.54 Å². The van der Waals surface area contributed by atoms with Crippen LogP contribution in [0.4, 0.5) is 0 Å². The lowest BCUT2D eigenvalue weighted by molar-refractivity contribution is -0.129. The molecule has 1 amide bonds. The second-order valence-electron chi connectivity index (χ2n) is 6.44. The fourth-order valence-corrected chi connectivity index (χ4v) is 3.59. The largest absolute Gasteiger partial charge is 0.354 e. The highest BCUT2D eigenvalue weighted by molar-refractivity contribution is 5.85. The van der Waals surface area contributed by atoms with Crippen LogP contribution < -0.4 is 5.32 Å². The van der Waals surface area contributed by atoms with E-state index in [1.54, 1.807) is 0 Å². The van der Waals surface area contributed by atoms with Gasteiger partial charge in [-0.05, 0) is 37.5 Å². The first-order chi connectivity index (χ1) is 9.58. The van der Waals surface area contributed by atoms with Crippen molar-refractivity contribution in [3.8, 4) is 6.07 Å². The third-order valence-electron chi connectivity index (χ3n) is 5.04. The van der Waals surface area contributed by atoms with E-state index in [4.69, 9.17) is 0 Å². The van der Waals surface area contributed by atoms with Crippen LogP contribution in [0.1, 0.15) is 78.6 Å². The van der Waals surface area contributed by atoms with Crippen LogP contribution in [0.15, 0.2) is 0 Å². The number of hydrogen-bond donors (Lipinski definition) is 1. The predicted molar refractivity (Wildman–Crippen MR) is 82.1 cm³/mol. The van der Waals surface area contributed by atoms with Gasteiger partial charge in [-0.15, -0.1) is 0 Å². The fraction of sp³-hybridized carbons (Fsp3) is 0.882. The summed E-state index contributed by atoms with van der Waals surface area (Å²) >= 11 is 0. The van der Waals surface area contributed by atoms with Gasteiger partial charge < -0.3 is 5.32 Å². The van der Waals surface area contributed by atoms with E-state index in [9.17, 15) is 10.1 Å². The van der Waals surface area contributed by atoms with Gasteiger partial charge in [-0.2, -0.15) is 5.26 Å². The Morgan fingerprint density at radius 3 is 2.15 bits per heavy atom. The maximum Gasteiger partial charge on any atom is 0.240 e. The minimum Gasteiger partial charge on any atom is -0.354 e. The van der Waals surface area contributed by atoms with Gasteiger partial charge in [0.05, 0.1) is 6.07 Å². The van der Waals surface area contributed by atoms with Crippen LogP contribution >= 0.6 is 0 Å². The molecule has 0 aromatic rings. The molecule has 0 aliphatic heterocycles. The molecular weight excluding hydrogens is 248 g/mol. The molecule has 0 radical (unpaired) electrons. The SMILES string of the molecule is CCCC(C#N)(CCC)C(=O)NCC1(CC)CCCC1. The molecule has 1 fully saturated rings. The van der Waals surface area contributed by atoms with E-state index in [0.717, 1.165) is 25.8 Å². The third kappa shape index (κ3) is 3.75. The van der Waals surface area contributed by atoms with Crippen molar-refractivity contribution in [3.63, 3.8) is 0 Å². The number of carbonyl (C=O) groups is 1. The molecule has 20 heavy (non-hydrogen) atoms. The minimum atomic E-state index is -0.808. The van der Waals surface area contributed by atoms with Crippen molar-refractivity contribution in [1.82, 2.24) is 5.32 Å². The summed E-state index contributed by atoms with van der Waals surface area (Å²) in [5, 5.41) is 12.6. The fourth-order valence-electron chi connectivity index (χ4n) is 3.59. The minimum absolute atomic E-state index is 0.0385. The highest BCUT2D eigenvalue weighted by Gasteiger charge is 2.39. The maximum atomic E-state index is 12.6. The number of amides is 1. The lowest BCUT2D eigenvalue weighted by Gasteiger charge is -2.31. The van der Waals surface area contributed by atoms with E-state index < -0.39 is 5.41 Å². The zero-order valence-electron chi connectivity index (χ0n) is 13.4. The second kappa shape index (κ2) is 7.67. The van der Waals surface area contributed by atoms with Crippen LogP contribution in [0.3, 0.4) is 0 Å². The Labute approximate surface area is 124 Å². The topological polar surface area (TPSA) is 52.9 Å². The molecule has 3 nitrogen and oxygen atoms in total. The summed E-state index contributed by atoms with van der Waals surface area (Å²) in [6.45, 7) is 7.05. The van der Waals surface area contributed by atoms with Crippen molar-refractivity contribution in [2.24, 2.45) is 10.8 Å². The number of rotatable bonds is 8. The lowest BCUT2D eigenvalue weighted by Crippen LogP contribution is -2.44. The third-order valence-corrected chi connectivity index (χ3v) is 5.04. The van der Waals surface area contributed by atoms with Crippen molar-refractivity contribution in [1.29, 1.82) is 5.26 Å². The summed E-state index contributed by atoms with van der Waals surface area (Å²) in [5.41, 5.74) is -0.522. The molecule has 0 heterocycles. The standard InChI is InChI=1S/C17H30N2O/c1-4-9-17(13-18,10-5-2)15(20)19-14-16(6-3)11-7-8-12-16/h4-12,14H2,1-3H3,(H,19,20). The highest BCUT2D eigenvalue weighted by Crippen LogP contribution is 2.40. The van der Waals surface area contributed by atoms with Crippen LogP contribution in [-0.2, 0) is 4.79 Å². The Balaban J connectivity index is 2.69. The average Bonchev–Trinajstić information content (AvgIpc) is 2.94. The van der Waals surface area contributed by atoms with E-state index in [2.05, 4.69) is 18.3 Å². The molecule has 0 unspecified atom stereocenters. The second-order valence-corrected chi connectivity index (χ2v) is 6.44. The van der Waals surface area contributed by atoms with Crippen LogP contribution in [-0.4, -0.2) is 12.5 Å². The average molecular weight is 278 g/mol. The van der Waals surface area contributed by atoms with Gasteiger partial charge in [0, 0.05) is 6.54 Å². The molecule has 0 aromatic carbocycles. The molecule has 0 spiro atoms. The van der Waals surface area contributed by atoms with Crippen molar-refractivity contribution >= 4 is 5.91 Å². The molecule has 1 aliphatic carbocycles. The van der Waals surface area contributed by atoms with Crippen LogP contribution in [0, 0.1) is 22.2 Å². The zero-order chi connectivity index (χ0) is 15.1. The number of carbonyl (C=O) groups excluding carboxylic acids is 1. The molecule has 3 heteroatoms. The molecule has 1 saturated carbocycles. The monoisotopic (exact) mass is 278 g/mol. The molecule has 114 valence electrons. The number of nitrogens with one attached hydrogen (secondary N) is 1. The quantitative estimate of drug-likeness (QED) is 0.724. The van der Waals surface area contributed by atoms with E-state index in [1.165, 1.54) is 25.7 Å². The van der Waals surface area contributed by atoms with E-state index >= 15 is 0 Å². The van der Waals surface area contributed by atoms with Crippen LogP contribution in [0.5, 0.6) is 0 Å². The summed E-state index contributed by atoms with van der Waals surface area (Å²) in [4.78, 5) is 12.6.